The van der Waals surface area contributed by atoms with Crippen molar-refractivity contribution in [2.45, 2.75) is 0 Å². The molecule has 1 aliphatic heterocycles. The van der Waals surface area contributed by atoms with Crippen LogP contribution >= 0.6 is 0 Å². The number of hydrogen-bond donors (Lipinski definition) is 0. The number of aromatic nitrogens is 4. The van der Waals surface area contributed by atoms with Crippen LogP contribution in [0, 0.1) is 0 Å². The molecule has 8 aromatic rings. The Labute approximate surface area is 267 Å². The summed E-state index contributed by atoms with van der Waals surface area (Å²) >= 11 is 0. The van der Waals surface area contributed by atoms with Gasteiger partial charge in [-0.15, -0.1) is 0 Å². The first-order chi connectivity index (χ1) is 22.8. The Morgan fingerprint density at radius 1 is 0.435 bits per heavy atom. The number of fused-ring (bicyclic) bond motifs is 7. The monoisotopic (exact) mass is 586 g/mol. The first kappa shape index (κ1) is 26.3. The van der Waals surface area contributed by atoms with Crippen LogP contribution in [0.15, 0.2) is 164 Å². The topological polar surface area (TPSA) is 43.6 Å². The first-order valence-corrected chi connectivity index (χ1v) is 15.6. The highest BCUT2D eigenvalue weighted by molar-refractivity contribution is 6.96. The standard InChI is InChI=1S/C41H27BN4/c1-4-16-28(17-5-1)39-43-40(29-18-6-2-7-19-29)45-41(44-39)42-34-25-13-10-22-31(34)37-33-24-12-15-27-36(33)46(30-20-8-3-9-21-30)38(37)32-23-11-14-26-35(32)42/h1-27H. The van der Waals surface area contributed by atoms with Crippen LogP contribution in [0.5, 0.6) is 0 Å². The van der Waals surface area contributed by atoms with Gasteiger partial charge >= 0.3 is 0 Å². The van der Waals surface area contributed by atoms with E-state index in [1.54, 1.807) is 0 Å². The number of para-hydroxylation sites is 2. The molecule has 46 heavy (non-hydrogen) atoms. The van der Waals surface area contributed by atoms with Crippen molar-refractivity contribution >= 4 is 34.3 Å². The second-order valence-electron chi connectivity index (χ2n) is 11.6. The number of benzene rings is 6. The largest absolute Gasteiger partial charge is 0.309 e. The summed E-state index contributed by atoms with van der Waals surface area (Å²) < 4.78 is 2.42. The van der Waals surface area contributed by atoms with E-state index in [0.717, 1.165) is 28.0 Å². The molecule has 214 valence electrons. The minimum atomic E-state index is -0.226. The van der Waals surface area contributed by atoms with Gasteiger partial charge in [0, 0.05) is 27.8 Å². The van der Waals surface area contributed by atoms with Crippen molar-refractivity contribution in [1.82, 2.24) is 19.5 Å². The third-order valence-electron chi connectivity index (χ3n) is 8.93. The molecule has 0 saturated heterocycles. The summed E-state index contributed by atoms with van der Waals surface area (Å²) in [5.41, 5.74) is 12.1. The van der Waals surface area contributed by atoms with Crippen LogP contribution in [0.3, 0.4) is 0 Å². The maximum Gasteiger partial charge on any atom is 0.291 e. The van der Waals surface area contributed by atoms with Gasteiger partial charge in [0.1, 0.15) is 5.72 Å². The van der Waals surface area contributed by atoms with Crippen molar-refractivity contribution in [3.63, 3.8) is 0 Å². The van der Waals surface area contributed by atoms with Gasteiger partial charge in [0.05, 0.1) is 11.2 Å². The van der Waals surface area contributed by atoms with E-state index >= 15 is 0 Å². The molecule has 0 radical (unpaired) electrons. The minimum Gasteiger partial charge on any atom is -0.309 e. The molecule has 0 saturated carbocycles. The lowest BCUT2D eigenvalue weighted by atomic mass is 9.38. The summed E-state index contributed by atoms with van der Waals surface area (Å²) in [6.07, 6.45) is 0. The Hall–Kier alpha value is -6.07. The van der Waals surface area contributed by atoms with E-state index < -0.39 is 0 Å². The fraction of sp³-hybridized carbons (Fsp3) is 0. The number of rotatable bonds is 4. The van der Waals surface area contributed by atoms with Crippen molar-refractivity contribution < 1.29 is 0 Å². The van der Waals surface area contributed by atoms with E-state index in [4.69, 9.17) is 15.0 Å². The van der Waals surface area contributed by atoms with Gasteiger partial charge in [0.25, 0.3) is 6.71 Å². The molecule has 0 spiro atoms. The Morgan fingerprint density at radius 2 is 0.935 bits per heavy atom. The third-order valence-corrected chi connectivity index (χ3v) is 8.93. The summed E-state index contributed by atoms with van der Waals surface area (Å²) in [5, 5.41) is 1.22. The molecule has 4 nitrogen and oxygen atoms in total. The van der Waals surface area contributed by atoms with Gasteiger partial charge < -0.3 is 4.57 Å². The van der Waals surface area contributed by atoms with Crippen LogP contribution in [-0.4, -0.2) is 26.2 Å². The van der Waals surface area contributed by atoms with Gasteiger partial charge in [-0.05, 0) is 29.3 Å². The molecule has 0 aliphatic carbocycles. The van der Waals surface area contributed by atoms with E-state index in [0.29, 0.717) is 11.6 Å². The molecule has 0 amide bonds. The first-order valence-electron chi connectivity index (χ1n) is 15.6. The van der Waals surface area contributed by atoms with Crippen LogP contribution in [0.1, 0.15) is 0 Å². The zero-order valence-corrected chi connectivity index (χ0v) is 25.0. The highest BCUT2D eigenvalue weighted by atomic mass is 15.0. The maximum atomic E-state index is 5.25. The summed E-state index contributed by atoms with van der Waals surface area (Å²) in [4.78, 5) is 15.5. The van der Waals surface area contributed by atoms with E-state index in [1.165, 1.54) is 38.8 Å². The van der Waals surface area contributed by atoms with E-state index in [9.17, 15) is 0 Å². The lowest BCUT2D eigenvalue weighted by Crippen LogP contribution is -2.55. The quantitative estimate of drug-likeness (QED) is 0.203. The Morgan fingerprint density at radius 3 is 1.59 bits per heavy atom. The molecule has 0 atom stereocenters. The minimum absolute atomic E-state index is 0.226. The lowest BCUT2D eigenvalue weighted by molar-refractivity contribution is 1.10. The fourth-order valence-electron chi connectivity index (χ4n) is 6.95. The van der Waals surface area contributed by atoms with Crippen molar-refractivity contribution in [2.24, 2.45) is 0 Å². The van der Waals surface area contributed by atoms with Crippen molar-refractivity contribution in [1.29, 1.82) is 0 Å². The van der Waals surface area contributed by atoms with E-state index in [1.807, 2.05) is 36.4 Å². The number of nitrogens with zero attached hydrogens (tertiary/aromatic N) is 4. The van der Waals surface area contributed by atoms with Gasteiger partial charge in [-0.25, -0.2) is 15.0 Å². The van der Waals surface area contributed by atoms with Crippen molar-refractivity contribution in [2.75, 3.05) is 0 Å². The average Bonchev–Trinajstić information content (AvgIpc) is 3.42. The maximum absolute atomic E-state index is 5.25. The SMILES string of the molecule is c1ccc(-c2nc(B3c4ccccc4-c4c(n(-c5ccccc5)c5ccccc45)-c4ccccc43)nc(-c3ccccc3)n2)cc1. The highest BCUT2D eigenvalue weighted by Crippen LogP contribution is 2.43. The fourth-order valence-corrected chi connectivity index (χ4v) is 6.95. The molecule has 3 heterocycles. The van der Waals surface area contributed by atoms with Crippen LogP contribution in [0.25, 0.3) is 61.8 Å². The predicted octanol–water partition coefficient (Wildman–Crippen LogP) is 7.31. The molecule has 1 aliphatic rings. The van der Waals surface area contributed by atoms with E-state index in [-0.39, 0.29) is 6.71 Å². The smallest absolute Gasteiger partial charge is 0.291 e. The van der Waals surface area contributed by atoms with Crippen molar-refractivity contribution in [3.05, 3.63) is 164 Å². The molecule has 0 bridgehead atoms. The molecular weight excluding hydrogens is 559 g/mol. The second-order valence-corrected chi connectivity index (χ2v) is 11.6. The van der Waals surface area contributed by atoms with Gasteiger partial charge in [0.15, 0.2) is 11.6 Å². The average molecular weight is 587 g/mol. The lowest BCUT2D eigenvalue weighted by Gasteiger charge is -2.19. The normalized spacial score (nSPS) is 11.9. The second kappa shape index (κ2) is 10.8. The van der Waals surface area contributed by atoms with Gasteiger partial charge in [-0.1, -0.05) is 157 Å². The Bertz CT molecular complexity index is 2310. The van der Waals surface area contributed by atoms with Gasteiger partial charge in [-0.2, -0.15) is 0 Å². The summed E-state index contributed by atoms with van der Waals surface area (Å²) in [6, 6.07) is 57.4. The predicted molar refractivity (Wildman–Crippen MR) is 190 cm³/mol. The van der Waals surface area contributed by atoms with Crippen LogP contribution < -0.4 is 16.6 Å². The summed E-state index contributed by atoms with van der Waals surface area (Å²) in [6.45, 7) is -0.226. The Kier molecular flexibility index (Phi) is 6.20. The molecule has 0 unspecified atom stereocenters. The summed E-state index contributed by atoms with van der Waals surface area (Å²) in [7, 11) is 0. The highest BCUT2D eigenvalue weighted by Gasteiger charge is 2.37. The molecule has 0 fully saturated rings. The third kappa shape index (κ3) is 4.21. The molecule has 0 N–H and O–H groups in total. The van der Waals surface area contributed by atoms with Crippen LogP contribution in [0.2, 0.25) is 0 Å². The molecule has 5 heteroatoms. The van der Waals surface area contributed by atoms with Gasteiger partial charge in [-0.3, -0.25) is 0 Å². The Balaban J connectivity index is 1.39. The van der Waals surface area contributed by atoms with Crippen molar-refractivity contribution in [3.8, 4) is 50.8 Å². The zero-order chi connectivity index (χ0) is 30.5. The van der Waals surface area contributed by atoms with E-state index in [2.05, 4.69) is 132 Å². The van der Waals surface area contributed by atoms with Gasteiger partial charge in [0.2, 0.25) is 0 Å². The van der Waals surface area contributed by atoms with Crippen LogP contribution in [-0.2, 0) is 0 Å². The van der Waals surface area contributed by atoms with Crippen LogP contribution in [0.4, 0.5) is 0 Å². The molecule has 2 aromatic heterocycles. The molecular formula is C41H27BN4. The zero-order valence-electron chi connectivity index (χ0n) is 25.0. The molecule has 6 aromatic carbocycles. The summed E-state index contributed by atoms with van der Waals surface area (Å²) in [5.74, 6) is 1.33. The molecule has 9 rings (SSSR count). The number of hydrogen-bond acceptors (Lipinski definition) is 3.